The molecule has 0 radical (unpaired) electrons. The number of nitrogens with zero attached hydrogens (tertiary/aromatic N) is 3. The van der Waals surface area contributed by atoms with E-state index in [1.165, 1.54) is 6.33 Å². The predicted octanol–water partition coefficient (Wildman–Crippen LogP) is 3.69. The SMILES string of the molecule is Cc1cc(S(=O)(=O)C2CC2)ccc1Oc1ncnc(OC2CC3CC[C@@H](C2)N3S(=O)(=O)C2CC2)c1C. The van der Waals surface area contributed by atoms with Crippen molar-refractivity contribution in [1.82, 2.24) is 14.3 Å². The van der Waals surface area contributed by atoms with Crippen LogP contribution in [0.2, 0.25) is 0 Å². The molecule has 1 aromatic heterocycles. The van der Waals surface area contributed by atoms with E-state index >= 15 is 0 Å². The summed E-state index contributed by atoms with van der Waals surface area (Å²) in [4.78, 5) is 8.92. The summed E-state index contributed by atoms with van der Waals surface area (Å²) in [5.41, 5.74) is 1.35. The average Bonchev–Trinajstić information content (AvgIpc) is 3.73. The maximum atomic E-state index is 12.9. The van der Waals surface area contributed by atoms with Crippen LogP contribution >= 0.6 is 0 Å². The monoisotopic (exact) mass is 533 g/mol. The molecular weight excluding hydrogens is 502 g/mol. The van der Waals surface area contributed by atoms with Crippen molar-refractivity contribution in [3.8, 4) is 17.5 Å². The fourth-order valence-electron chi connectivity index (χ4n) is 5.52. The van der Waals surface area contributed by atoms with Crippen LogP contribution in [0, 0.1) is 13.8 Å². The van der Waals surface area contributed by atoms with Gasteiger partial charge >= 0.3 is 0 Å². The van der Waals surface area contributed by atoms with Crippen molar-refractivity contribution >= 4 is 19.9 Å². The third kappa shape index (κ3) is 4.28. The molecule has 36 heavy (non-hydrogen) atoms. The Bertz CT molecular complexity index is 1390. The Morgan fingerprint density at radius 1 is 0.861 bits per heavy atom. The summed E-state index contributed by atoms with van der Waals surface area (Å²) in [6, 6.07) is 4.88. The molecule has 2 aliphatic carbocycles. The van der Waals surface area contributed by atoms with Gasteiger partial charge in [-0.1, -0.05) is 0 Å². The Hall–Kier alpha value is -2.24. The standard InChI is InChI=1S/C25H31N3O6S2/c1-15-11-22(35(29,30)20-5-6-20)9-10-23(15)34-25-16(2)24(26-14-27-25)33-19-12-17-3-4-18(13-19)28(17)36(31,32)21-7-8-21/h9-11,14,17-21H,3-8,12-13H2,1-2H3/t17-,18?,19?/m0/s1. The topological polar surface area (TPSA) is 116 Å². The lowest BCUT2D eigenvalue weighted by Crippen LogP contribution is -2.50. The van der Waals surface area contributed by atoms with E-state index in [0.29, 0.717) is 46.4 Å². The smallest absolute Gasteiger partial charge is 0.229 e. The molecule has 6 rings (SSSR count). The molecule has 0 N–H and O–H groups in total. The van der Waals surface area contributed by atoms with Crippen LogP contribution in [-0.4, -0.2) is 59.8 Å². The van der Waals surface area contributed by atoms with E-state index in [-0.39, 0.29) is 28.7 Å². The molecule has 2 saturated carbocycles. The summed E-state index contributed by atoms with van der Waals surface area (Å²) in [6.07, 6.45) is 7.32. The van der Waals surface area contributed by atoms with Crippen LogP contribution < -0.4 is 9.47 Å². The van der Waals surface area contributed by atoms with Crippen LogP contribution in [-0.2, 0) is 19.9 Å². The molecule has 0 spiro atoms. The van der Waals surface area contributed by atoms with Crippen molar-refractivity contribution in [2.24, 2.45) is 0 Å². The van der Waals surface area contributed by atoms with Crippen LogP contribution in [0.25, 0.3) is 0 Å². The highest BCUT2D eigenvalue weighted by Gasteiger charge is 2.52. The minimum Gasteiger partial charge on any atom is -0.474 e. The molecule has 2 saturated heterocycles. The minimum absolute atomic E-state index is 0.00899. The molecule has 1 aromatic carbocycles. The Morgan fingerprint density at radius 3 is 2.11 bits per heavy atom. The number of aromatic nitrogens is 2. The molecule has 0 amide bonds. The van der Waals surface area contributed by atoms with Crippen molar-refractivity contribution in [1.29, 1.82) is 0 Å². The van der Waals surface area contributed by atoms with Gasteiger partial charge in [-0.3, -0.25) is 0 Å². The first-order valence-corrected chi connectivity index (χ1v) is 15.7. The minimum atomic E-state index is -3.27. The number of piperidine rings is 1. The lowest BCUT2D eigenvalue weighted by atomic mass is 10.0. The van der Waals surface area contributed by atoms with Gasteiger partial charge in [0.15, 0.2) is 9.84 Å². The van der Waals surface area contributed by atoms with Gasteiger partial charge in [0, 0.05) is 24.9 Å². The van der Waals surface area contributed by atoms with Gasteiger partial charge in [0.2, 0.25) is 21.8 Å². The zero-order chi connectivity index (χ0) is 25.2. The van der Waals surface area contributed by atoms with Crippen LogP contribution in [0.5, 0.6) is 17.5 Å². The summed E-state index contributed by atoms with van der Waals surface area (Å²) >= 11 is 0. The normalized spacial score (nSPS) is 26.7. The van der Waals surface area contributed by atoms with Crippen LogP contribution in [0.4, 0.5) is 0 Å². The molecule has 3 atom stereocenters. The van der Waals surface area contributed by atoms with Crippen molar-refractivity contribution < 1.29 is 26.3 Å². The van der Waals surface area contributed by atoms with Crippen molar-refractivity contribution in [3.05, 3.63) is 35.7 Å². The molecule has 2 unspecified atom stereocenters. The zero-order valence-corrected chi connectivity index (χ0v) is 22.1. The third-order valence-corrected chi connectivity index (χ3v) is 12.5. The molecule has 194 valence electrons. The second kappa shape index (κ2) is 8.66. The van der Waals surface area contributed by atoms with E-state index in [4.69, 9.17) is 9.47 Å². The first kappa shape index (κ1) is 24.1. The second-order valence-corrected chi connectivity index (χ2v) is 14.9. The van der Waals surface area contributed by atoms with Gasteiger partial charge in [-0.25, -0.2) is 26.8 Å². The highest BCUT2D eigenvalue weighted by Crippen LogP contribution is 2.44. The van der Waals surface area contributed by atoms with E-state index in [2.05, 4.69) is 9.97 Å². The zero-order valence-electron chi connectivity index (χ0n) is 20.5. The van der Waals surface area contributed by atoms with E-state index in [0.717, 1.165) is 38.5 Å². The lowest BCUT2D eigenvalue weighted by Gasteiger charge is -2.37. The Labute approximate surface area is 212 Å². The number of fused-ring (bicyclic) bond motifs is 2. The highest BCUT2D eigenvalue weighted by molar-refractivity contribution is 7.92. The molecule has 4 fully saturated rings. The number of benzene rings is 1. The fourth-order valence-corrected chi connectivity index (χ4v) is 9.55. The van der Waals surface area contributed by atoms with Gasteiger partial charge in [-0.2, -0.15) is 4.31 Å². The third-order valence-electron chi connectivity index (χ3n) is 7.78. The maximum absolute atomic E-state index is 12.9. The number of hydrogen-bond donors (Lipinski definition) is 0. The van der Waals surface area contributed by atoms with Gasteiger partial charge in [0.1, 0.15) is 18.2 Å². The fraction of sp³-hybridized carbons (Fsp3) is 0.600. The molecule has 2 bridgehead atoms. The summed E-state index contributed by atoms with van der Waals surface area (Å²) in [5, 5.41) is -0.448. The number of rotatable bonds is 8. The quantitative estimate of drug-likeness (QED) is 0.505. The largest absolute Gasteiger partial charge is 0.474 e. The molecule has 2 aromatic rings. The van der Waals surface area contributed by atoms with Crippen molar-refractivity contribution in [2.45, 2.75) is 98.8 Å². The van der Waals surface area contributed by atoms with Gasteiger partial charge in [-0.05, 0) is 76.1 Å². The summed E-state index contributed by atoms with van der Waals surface area (Å²) < 4.78 is 65.0. The van der Waals surface area contributed by atoms with Gasteiger partial charge in [0.25, 0.3) is 0 Å². The predicted molar refractivity (Wildman–Crippen MR) is 132 cm³/mol. The summed E-state index contributed by atoms with van der Waals surface area (Å²) in [5.74, 6) is 1.29. The van der Waals surface area contributed by atoms with Crippen LogP contribution in [0.3, 0.4) is 0 Å². The van der Waals surface area contributed by atoms with Crippen LogP contribution in [0.15, 0.2) is 29.4 Å². The van der Waals surface area contributed by atoms with E-state index in [1.807, 2.05) is 13.8 Å². The number of sulfone groups is 1. The Balaban J connectivity index is 1.16. The van der Waals surface area contributed by atoms with E-state index < -0.39 is 19.9 Å². The summed E-state index contributed by atoms with van der Waals surface area (Å²) in [7, 11) is -6.46. The molecule has 4 aliphatic rings. The van der Waals surface area contributed by atoms with Gasteiger partial charge in [0.05, 0.1) is 21.0 Å². The average molecular weight is 534 g/mol. The van der Waals surface area contributed by atoms with Crippen molar-refractivity contribution in [2.75, 3.05) is 0 Å². The molecular formula is C25H31N3O6S2. The number of hydrogen-bond acceptors (Lipinski definition) is 8. The summed E-state index contributed by atoms with van der Waals surface area (Å²) in [6.45, 7) is 3.64. The first-order valence-electron chi connectivity index (χ1n) is 12.7. The lowest BCUT2D eigenvalue weighted by molar-refractivity contribution is 0.0906. The first-order chi connectivity index (χ1) is 17.1. The second-order valence-electron chi connectivity index (χ2n) is 10.6. The Morgan fingerprint density at radius 2 is 1.50 bits per heavy atom. The van der Waals surface area contributed by atoms with Gasteiger partial charge in [-0.15, -0.1) is 0 Å². The highest BCUT2D eigenvalue weighted by atomic mass is 32.2. The molecule has 3 heterocycles. The maximum Gasteiger partial charge on any atom is 0.229 e. The van der Waals surface area contributed by atoms with Crippen LogP contribution in [0.1, 0.15) is 62.5 Å². The molecule has 2 aliphatic heterocycles. The van der Waals surface area contributed by atoms with E-state index in [1.54, 1.807) is 22.5 Å². The van der Waals surface area contributed by atoms with E-state index in [9.17, 15) is 16.8 Å². The molecule has 9 nitrogen and oxygen atoms in total. The number of ether oxygens (including phenoxy) is 2. The Kier molecular flexibility index (Phi) is 5.80. The number of sulfonamides is 1. The van der Waals surface area contributed by atoms with Gasteiger partial charge < -0.3 is 9.47 Å². The van der Waals surface area contributed by atoms with Crippen molar-refractivity contribution in [3.63, 3.8) is 0 Å². The number of aryl methyl sites for hydroxylation is 1. The molecule has 11 heteroatoms.